The summed E-state index contributed by atoms with van der Waals surface area (Å²) in [7, 11) is -3.03. The highest BCUT2D eigenvalue weighted by Gasteiger charge is 2.11. The number of ether oxygens (including phenoxy) is 1. The van der Waals surface area contributed by atoms with Gasteiger partial charge in [-0.15, -0.1) is 0 Å². The van der Waals surface area contributed by atoms with Crippen molar-refractivity contribution in [1.82, 2.24) is 0 Å². The zero-order chi connectivity index (χ0) is 13.1. The molecule has 0 spiro atoms. The molecule has 0 saturated heterocycles. The first kappa shape index (κ1) is 14.5. The van der Waals surface area contributed by atoms with E-state index in [0.717, 1.165) is 10.7 Å². The fourth-order valence-electron chi connectivity index (χ4n) is 1.28. The van der Waals surface area contributed by atoms with Crippen molar-refractivity contribution in [2.75, 3.05) is 18.6 Å². The quantitative estimate of drug-likeness (QED) is 0.899. The van der Waals surface area contributed by atoms with Crippen molar-refractivity contribution in [3.63, 3.8) is 0 Å². The van der Waals surface area contributed by atoms with Gasteiger partial charge >= 0.3 is 0 Å². The van der Waals surface area contributed by atoms with Gasteiger partial charge in [-0.25, -0.2) is 8.42 Å². The Balaban J connectivity index is 2.77. The van der Waals surface area contributed by atoms with E-state index >= 15 is 0 Å². The number of benzene rings is 1. The molecule has 6 heteroatoms. The van der Waals surface area contributed by atoms with Gasteiger partial charge < -0.3 is 9.84 Å². The molecule has 0 aromatic heterocycles. The maximum Gasteiger partial charge on any atom is 0.150 e. The number of halogens is 1. The Morgan fingerprint density at radius 1 is 1.47 bits per heavy atom. The molecule has 0 saturated carbocycles. The topological polar surface area (TPSA) is 63.6 Å². The minimum atomic E-state index is -3.03. The van der Waals surface area contributed by atoms with Crippen molar-refractivity contribution in [1.29, 1.82) is 0 Å². The molecule has 0 heterocycles. The summed E-state index contributed by atoms with van der Waals surface area (Å²) in [4.78, 5) is 0. The van der Waals surface area contributed by atoms with Crippen LogP contribution in [0, 0.1) is 0 Å². The highest BCUT2D eigenvalue weighted by Crippen LogP contribution is 2.28. The number of hydrogen-bond donors (Lipinski definition) is 1. The van der Waals surface area contributed by atoms with E-state index in [4.69, 9.17) is 4.74 Å². The summed E-state index contributed by atoms with van der Waals surface area (Å²) in [6.07, 6.45) is 0.494. The van der Waals surface area contributed by atoms with E-state index < -0.39 is 15.9 Å². The predicted octanol–water partition coefficient (Wildman–Crippen LogP) is 1.93. The maximum atomic E-state index is 11.0. The van der Waals surface area contributed by atoms with Crippen LogP contribution in [-0.4, -0.2) is 32.1 Å². The van der Waals surface area contributed by atoms with Crippen LogP contribution in [0.25, 0.3) is 0 Å². The van der Waals surface area contributed by atoms with E-state index in [1.54, 1.807) is 25.1 Å². The van der Waals surface area contributed by atoms with E-state index in [0.29, 0.717) is 11.3 Å². The second-order valence-electron chi connectivity index (χ2n) is 3.84. The summed E-state index contributed by atoms with van der Waals surface area (Å²) in [5, 5.41) is 9.57. The zero-order valence-corrected chi connectivity index (χ0v) is 12.1. The second kappa shape index (κ2) is 5.84. The summed E-state index contributed by atoms with van der Waals surface area (Å²) < 4.78 is 28.1. The van der Waals surface area contributed by atoms with Crippen LogP contribution in [0.2, 0.25) is 0 Å². The van der Waals surface area contributed by atoms with Crippen LogP contribution >= 0.6 is 15.9 Å². The summed E-state index contributed by atoms with van der Waals surface area (Å²) in [5.74, 6) is 0.467. The van der Waals surface area contributed by atoms with E-state index in [9.17, 15) is 13.5 Å². The molecule has 0 fully saturated rings. The Labute approximate surface area is 110 Å². The number of aliphatic hydroxyl groups excluding tert-OH is 1. The van der Waals surface area contributed by atoms with Gasteiger partial charge in [-0.2, -0.15) is 0 Å². The van der Waals surface area contributed by atoms with Gasteiger partial charge in [-0.1, -0.05) is 15.9 Å². The summed E-state index contributed by atoms with van der Waals surface area (Å²) in [5.41, 5.74) is 0.632. The zero-order valence-electron chi connectivity index (χ0n) is 9.68. The molecular formula is C11H15BrO4S. The number of rotatable bonds is 5. The standard InChI is InChI=1S/C11H15BrO4S/c1-8(13)10-7-9(12)3-4-11(10)16-5-6-17(2,14)15/h3-4,7-8,13H,5-6H2,1-2H3/t8-/m1/s1. The third-order valence-electron chi connectivity index (χ3n) is 2.13. The maximum absolute atomic E-state index is 11.0. The van der Waals surface area contributed by atoms with Crippen molar-refractivity contribution in [2.24, 2.45) is 0 Å². The molecule has 1 aromatic rings. The number of sulfone groups is 1. The average molecular weight is 323 g/mol. The van der Waals surface area contributed by atoms with Crippen molar-refractivity contribution >= 4 is 25.8 Å². The normalized spacial score (nSPS) is 13.4. The first-order valence-electron chi connectivity index (χ1n) is 5.07. The van der Waals surface area contributed by atoms with E-state index in [2.05, 4.69) is 15.9 Å². The first-order chi connectivity index (χ1) is 7.79. The van der Waals surface area contributed by atoms with Crippen LogP contribution in [0.4, 0.5) is 0 Å². The molecule has 0 amide bonds. The molecule has 1 N–H and O–H groups in total. The Kier molecular flexibility index (Phi) is 4.97. The van der Waals surface area contributed by atoms with Crippen molar-refractivity contribution in [3.05, 3.63) is 28.2 Å². The van der Waals surface area contributed by atoms with E-state index in [1.165, 1.54) is 0 Å². The molecule has 1 rings (SSSR count). The SMILES string of the molecule is C[C@@H](O)c1cc(Br)ccc1OCCS(C)(=O)=O. The van der Waals surface area contributed by atoms with E-state index in [-0.39, 0.29) is 12.4 Å². The van der Waals surface area contributed by atoms with Crippen LogP contribution in [-0.2, 0) is 9.84 Å². The molecule has 0 bridgehead atoms. The third kappa shape index (κ3) is 5.06. The second-order valence-corrected chi connectivity index (χ2v) is 7.01. The van der Waals surface area contributed by atoms with Crippen LogP contribution in [0.1, 0.15) is 18.6 Å². The molecule has 1 atom stereocenters. The number of aliphatic hydroxyl groups is 1. The molecule has 1 aromatic carbocycles. The van der Waals surface area contributed by atoms with Gasteiger partial charge in [0.2, 0.25) is 0 Å². The third-order valence-corrected chi connectivity index (χ3v) is 3.54. The van der Waals surface area contributed by atoms with Gasteiger partial charge in [0.1, 0.15) is 12.4 Å². The summed E-state index contributed by atoms with van der Waals surface area (Å²) in [6.45, 7) is 1.71. The summed E-state index contributed by atoms with van der Waals surface area (Å²) in [6, 6.07) is 5.23. The Hall–Kier alpha value is -0.590. The molecule has 0 aliphatic heterocycles. The minimum absolute atomic E-state index is 0.0394. The molecule has 4 nitrogen and oxygen atoms in total. The van der Waals surface area contributed by atoms with Gasteiger partial charge in [0.25, 0.3) is 0 Å². The Morgan fingerprint density at radius 3 is 2.65 bits per heavy atom. The lowest BCUT2D eigenvalue weighted by Gasteiger charge is -2.13. The minimum Gasteiger partial charge on any atom is -0.492 e. The monoisotopic (exact) mass is 322 g/mol. The average Bonchev–Trinajstić information content (AvgIpc) is 2.18. The Bertz CT molecular complexity index is 482. The largest absolute Gasteiger partial charge is 0.492 e. The number of hydrogen-bond acceptors (Lipinski definition) is 4. The molecule has 0 aliphatic rings. The lowest BCUT2D eigenvalue weighted by Crippen LogP contribution is -2.13. The van der Waals surface area contributed by atoms with Crippen LogP contribution in [0.15, 0.2) is 22.7 Å². The summed E-state index contributed by atoms with van der Waals surface area (Å²) >= 11 is 3.30. The molecule has 0 aliphatic carbocycles. The molecule has 17 heavy (non-hydrogen) atoms. The van der Waals surface area contributed by atoms with Crippen molar-refractivity contribution < 1.29 is 18.3 Å². The molecule has 96 valence electrons. The first-order valence-corrected chi connectivity index (χ1v) is 7.93. The van der Waals surface area contributed by atoms with Crippen LogP contribution in [0.3, 0.4) is 0 Å². The highest BCUT2D eigenvalue weighted by molar-refractivity contribution is 9.10. The van der Waals surface area contributed by atoms with Gasteiger partial charge in [0, 0.05) is 16.3 Å². The predicted molar refractivity (Wildman–Crippen MR) is 70.0 cm³/mol. The lowest BCUT2D eigenvalue weighted by atomic mass is 10.1. The Morgan fingerprint density at radius 2 is 2.12 bits per heavy atom. The van der Waals surface area contributed by atoms with Gasteiger partial charge in [-0.05, 0) is 25.1 Å². The van der Waals surface area contributed by atoms with Gasteiger partial charge in [0.05, 0.1) is 11.9 Å². The van der Waals surface area contributed by atoms with Crippen LogP contribution in [0.5, 0.6) is 5.75 Å². The lowest BCUT2D eigenvalue weighted by molar-refractivity contribution is 0.192. The molecule has 0 unspecified atom stereocenters. The molecular weight excluding hydrogens is 308 g/mol. The van der Waals surface area contributed by atoms with Crippen molar-refractivity contribution in [2.45, 2.75) is 13.0 Å². The highest BCUT2D eigenvalue weighted by atomic mass is 79.9. The van der Waals surface area contributed by atoms with Gasteiger partial charge in [0.15, 0.2) is 9.84 Å². The fraction of sp³-hybridized carbons (Fsp3) is 0.455. The van der Waals surface area contributed by atoms with E-state index in [1.807, 2.05) is 0 Å². The van der Waals surface area contributed by atoms with Crippen molar-refractivity contribution in [3.8, 4) is 5.75 Å². The van der Waals surface area contributed by atoms with Gasteiger partial charge in [-0.3, -0.25) is 0 Å². The molecule has 0 radical (unpaired) electrons. The smallest absolute Gasteiger partial charge is 0.150 e. The fourth-order valence-corrected chi connectivity index (χ4v) is 2.05. The van der Waals surface area contributed by atoms with Crippen LogP contribution < -0.4 is 4.74 Å².